The van der Waals surface area contributed by atoms with E-state index < -0.39 is 12.0 Å². The minimum atomic E-state index is -0.759. The van der Waals surface area contributed by atoms with Crippen LogP contribution in [0.5, 0.6) is 0 Å². The van der Waals surface area contributed by atoms with E-state index >= 15 is 0 Å². The molecule has 0 saturated heterocycles. The topological polar surface area (TPSA) is 73.8 Å². The molecule has 0 unspecified atom stereocenters. The number of thiazole rings is 1. The van der Waals surface area contributed by atoms with Gasteiger partial charge in [0, 0.05) is 21.1 Å². The monoisotopic (exact) mass is 582 g/mol. The Bertz CT molecular complexity index is 1700. The van der Waals surface area contributed by atoms with Crippen molar-refractivity contribution in [1.29, 1.82) is 0 Å². The minimum Gasteiger partial charge on any atom is -0.463 e. The first kappa shape index (κ1) is 24.5. The summed E-state index contributed by atoms with van der Waals surface area (Å²) in [6, 6.07) is 17.9. The van der Waals surface area contributed by atoms with Gasteiger partial charge < -0.3 is 9.15 Å². The molecule has 0 radical (unpaired) electrons. The molecule has 4 aromatic rings. The lowest BCUT2D eigenvalue weighted by Gasteiger charge is -2.25. The predicted octanol–water partition coefficient (Wildman–Crippen LogP) is 5.47. The van der Waals surface area contributed by atoms with E-state index in [4.69, 9.17) is 20.8 Å². The standard InChI is InChI=1S/C27H20BrClN2O4S/c1-3-34-26(33)23-15(2)30-27-31(24(23)19-9-4-5-10-20(19)29)25(32)22(36-27)14-18-11-12-21(35-18)16-7-6-8-17(28)13-16/h4-14,24H,3H2,1-2H3/b22-14-/t24-/m0/s1. The van der Waals surface area contributed by atoms with Gasteiger partial charge in [0.1, 0.15) is 17.6 Å². The third-order valence-electron chi connectivity index (χ3n) is 5.73. The number of rotatable bonds is 5. The summed E-state index contributed by atoms with van der Waals surface area (Å²) in [5, 5.41) is 0.443. The van der Waals surface area contributed by atoms with Crippen LogP contribution in [0.2, 0.25) is 5.02 Å². The summed E-state index contributed by atoms with van der Waals surface area (Å²) < 4.78 is 14.2. The highest BCUT2D eigenvalue weighted by atomic mass is 79.9. The van der Waals surface area contributed by atoms with Crippen molar-refractivity contribution in [3.8, 4) is 11.3 Å². The molecule has 0 N–H and O–H groups in total. The van der Waals surface area contributed by atoms with Crippen LogP contribution in [0.25, 0.3) is 17.4 Å². The van der Waals surface area contributed by atoms with Gasteiger partial charge in [-0.25, -0.2) is 9.79 Å². The Morgan fingerprint density at radius 1 is 1.22 bits per heavy atom. The number of allylic oxidation sites excluding steroid dienone is 1. The van der Waals surface area contributed by atoms with Crippen LogP contribution in [0.3, 0.4) is 0 Å². The van der Waals surface area contributed by atoms with E-state index in [1.165, 1.54) is 15.9 Å². The summed E-state index contributed by atoms with van der Waals surface area (Å²) in [6.07, 6.45) is 1.69. The van der Waals surface area contributed by atoms with Crippen LogP contribution in [0.15, 0.2) is 90.6 Å². The van der Waals surface area contributed by atoms with E-state index in [0.717, 1.165) is 10.0 Å². The number of esters is 1. The van der Waals surface area contributed by atoms with E-state index in [1.54, 1.807) is 38.1 Å². The number of hydrogen-bond acceptors (Lipinski definition) is 6. The molecule has 3 heterocycles. The predicted molar refractivity (Wildman–Crippen MR) is 144 cm³/mol. The molecule has 0 aliphatic carbocycles. The lowest BCUT2D eigenvalue weighted by molar-refractivity contribution is -0.139. The zero-order valence-electron chi connectivity index (χ0n) is 19.3. The Labute approximate surface area is 224 Å². The number of halogens is 2. The number of aromatic nitrogens is 1. The van der Waals surface area contributed by atoms with Gasteiger partial charge in [0.15, 0.2) is 4.80 Å². The van der Waals surface area contributed by atoms with Crippen LogP contribution in [0.1, 0.15) is 31.2 Å². The molecule has 2 aromatic carbocycles. The number of furan rings is 1. The number of ether oxygens (including phenoxy) is 1. The lowest BCUT2D eigenvalue weighted by Crippen LogP contribution is -2.40. The Morgan fingerprint density at radius 3 is 2.78 bits per heavy atom. The second kappa shape index (κ2) is 10.0. The SMILES string of the molecule is CCOC(=O)C1=C(C)N=c2s/c(=C\c3ccc(-c4cccc(Br)c4)o3)c(=O)n2[C@H]1c1ccccc1Cl. The van der Waals surface area contributed by atoms with E-state index in [0.29, 0.717) is 42.7 Å². The highest BCUT2D eigenvalue weighted by Gasteiger charge is 2.34. The van der Waals surface area contributed by atoms with E-state index in [1.807, 2.05) is 42.5 Å². The first-order valence-electron chi connectivity index (χ1n) is 11.2. The van der Waals surface area contributed by atoms with Gasteiger partial charge in [-0.1, -0.05) is 69.2 Å². The number of nitrogens with zero attached hydrogens (tertiary/aromatic N) is 2. The number of fused-ring (bicyclic) bond motifs is 1. The fourth-order valence-electron chi connectivity index (χ4n) is 4.14. The van der Waals surface area contributed by atoms with Gasteiger partial charge in [-0.2, -0.15) is 0 Å². The fraction of sp³-hybridized carbons (Fsp3) is 0.148. The highest BCUT2D eigenvalue weighted by molar-refractivity contribution is 9.10. The lowest BCUT2D eigenvalue weighted by atomic mass is 9.96. The summed E-state index contributed by atoms with van der Waals surface area (Å²) in [5.74, 6) is 0.693. The van der Waals surface area contributed by atoms with Gasteiger partial charge in [0.25, 0.3) is 5.56 Å². The molecule has 5 rings (SSSR count). The third-order valence-corrected chi connectivity index (χ3v) is 7.55. The van der Waals surface area contributed by atoms with Crippen molar-refractivity contribution in [2.24, 2.45) is 4.99 Å². The molecule has 6 nitrogen and oxygen atoms in total. The summed E-state index contributed by atoms with van der Waals surface area (Å²) in [6.45, 7) is 3.68. The summed E-state index contributed by atoms with van der Waals surface area (Å²) >= 11 is 11.2. The van der Waals surface area contributed by atoms with Gasteiger partial charge in [-0.05, 0) is 49.7 Å². The molecule has 2 aromatic heterocycles. The van der Waals surface area contributed by atoms with E-state index in [-0.39, 0.29) is 12.2 Å². The fourth-order valence-corrected chi connectivity index (χ4v) is 5.80. The van der Waals surface area contributed by atoms with Crippen LogP contribution in [-0.2, 0) is 9.53 Å². The zero-order chi connectivity index (χ0) is 25.4. The normalized spacial score (nSPS) is 15.6. The molecule has 0 amide bonds. The van der Waals surface area contributed by atoms with Crippen molar-refractivity contribution in [1.82, 2.24) is 4.57 Å². The average molecular weight is 584 g/mol. The van der Waals surface area contributed by atoms with Crippen LogP contribution < -0.4 is 14.9 Å². The number of hydrogen-bond donors (Lipinski definition) is 0. The molecule has 0 bridgehead atoms. The van der Waals surface area contributed by atoms with Crippen LogP contribution >= 0.6 is 38.9 Å². The number of benzene rings is 2. The first-order valence-corrected chi connectivity index (χ1v) is 13.2. The third kappa shape index (κ3) is 4.52. The number of carbonyl (C=O) groups is 1. The van der Waals surface area contributed by atoms with Crippen molar-refractivity contribution in [2.45, 2.75) is 19.9 Å². The van der Waals surface area contributed by atoms with Crippen molar-refractivity contribution >= 4 is 50.9 Å². The van der Waals surface area contributed by atoms with Gasteiger partial charge in [0.05, 0.1) is 22.4 Å². The molecule has 1 aliphatic heterocycles. The summed E-state index contributed by atoms with van der Waals surface area (Å²) in [7, 11) is 0. The molecular formula is C27H20BrClN2O4S. The van der Waals surface area contributed by atoms with E-state index in [2.05, 4.69) is 20.9 Å². The maximum absolute atomic E-state index is 13.7. The Morgan fingerprint density at radius 2 is 2.03 bits per heavy atom. The molecule has 0 fully saturated rings. The van der Waals surface area contributed by atoms with Crippen molar-refractivity contribution < 1.29 is 13.9 Å². The van der Waals surface area contributed by atoms with Crippen molar-refractivity contribution in [3.05, 3.63) is 112 Å². The van der Waals surface area contributed by atoms with Gasteiger partial charge in [0.2, 0.25) is 0 Å². The summed E-state index contributed by atoms with van der Waals surface area (Å²) in [4.78, 5) is 31.7. The van der Waals surface area contributed by atoms with Crippen LogP contribution in [-0.4, -0.2) is 17.1 Å². The maximum atomic E-state index is 13.7. The Kier molecular flexibility index (Phi) is 6.83. The smallest absolute Gasteiger partial charge is 0.338 e. The quantitative estimate of drug-likeness (QED) is 0.292. The first-order chi connectivity index (χ1) is 17.4. The maximum Gasteiger partial charge on any atom is 0.338 e. The molecule has 182 valence electrons. The van der Waals surface area contributed by atoms with Gasteiger partial charge in [-0.15, -0.1) is 0 Å². The molecule has 1 aliphatic rings. The largest absolute Gasteiger partial charge is 0.463 e. The Balaban J connectivity index is 1.66. The Hall–Kier alpha value is -3.20. The van der Waals surface area contributed by atoms with Gasteiger partial charge >= 0.3 is 5.97 Å². The average Bonchev–Trinajstić information content (AvgIpc) is 3.43. The van der Waals surface area contributed by atoms with Gasteiger partial charge in [-0.3, -0.25) is 9.36 Å². The summed E-state index contributed by atoms with van der Waals surface area (Å²) in [5.41, 5.74) is 2.02. The zero-order valence-corrected chi connectivity index (χ0v) is 22.5. The number of carbonyl (C=O) groups excluding carboxylic acids is 1. The molecule has 0 spiro atoms. The van der Waals surface area contributed by atoms with Crippen LogP contribution in [0, 0.1) is 0 Å². The molecule has 36 heavy (non-hydrogen) atoms. The second-order valence-corrected chi connectivity index (χ2v) is 10.4. The molecule has 9 heteroatoms. The highest BCUT2D eigenvalue weighted by Crippen LogP contribution is 2.34. The second-order valence-electron chi connectivity index (χ2n) is 8.04. The minimum absolute atomic E-state index is 0.202. The molecular weight excluding hydrogens is 564 g/mol. The molecule has 1 atom stereocenters. The van der Waals surface area contributed by atoms with Crippen molar-refractivity contribution in [3.63, 3.8) is 0 Å². The molecule has 0 saturated carbocycles. The van der Waals surface area contributed by atoms with Crippen LogP contribution in [0.4, 0.5) is 0 Å². The van der Waals surface area contributed by atoms with E-state index in [9.17, 15) is 9.59 Å². The van der Waals surface area contributed by atoms with Crippen molar-refractivity contribution in [2.75, 3.05) is 6.61 Å².